The number of hydrogen-bond donors (Lipinski definition) is 3. The predicted molar refractivity (Wildman–Crippen MR) is 101 cm³/mol. The molecule has 3 rings (SSSR count). The van der Waals surface area contributed by atoms with E-state index in [1.54, 1.807) is 28.8 Å². The highest BCUT2D eigenvalue weighted by Gasteiger charge is 2.42. The number of carbonyl (C=O) groups excluding carboxylic acids is 1. The maximum absolute atomic E-state index is 12.5. The zero-order chi connectivity index (χ0) is 18.7. The molecule has 0 bridgehead atoms. The fourth-order valence-corrected chi connectivity index (χ4v) is 4.96. The molecule has 0 radical (unpaired) electrons. The van der Waals surface area contributed by atoms with Gasteiger partial charge in [-0.2, -0.15) is 12.6 Å². The van der Waals surface area contributed by atoms with Crippen LogP contribution in [0.3, 0.4) is 0 Å². The molecule has 2 N–H and O–H groups in total. The van der Waals surface area contributed by atoms with E-state index < -0.39 is 11.0 Å². The largest absolute Gasteiger partial charge is 0.445 e. The van der Waals surface area contributed by atoms with Gasteiger partial charge in [-0.15, -0.1) is 11.8 Å². The number of carbonyl (C=O) groups is 1. The number of nitro groups is 1. The van der Waals surface area contributed by atoms with Gasteiger partial charge in [0.15, 0.2) is 0 Å². The number of aliphatic hydroxyl groups excluding tert-OH is 1. The van der Waals surface area contributed by atoms with Gasteiger partial charge in [-0.3, -0.25) is 15.4 Å². The number of nitrogens with one attached hydrogen (secondary N) is 1. The zero-order valence-corrected chi connectivity index (χ0v) is 15.7. The van der Waals surface area contributed by atoms with Gasteiger partial charge in [-0.05, 0) is 24.1 Å². The number of thioether (sulfide) groups is 1. The summed E-state index contributed by atoms with van der Waals surface area (Å²) in [5.41, 5.74) is 0.691. The Morgan fingerprint density at radius 2 is 2.19 bits per heavy atom. The van der Waals surface area contributed by atoms with Crippen LogP contribution in [0.2, 0.25) is 0 Å². The number of amides is 1. The molecule has 8 nitrogen and oxygen atoms in total. The summed E-state index contributed by atoms with van der Waals surface area (Å²) < 4.78 is 5.40. The maximum atomic E-state index is 12.5. The third-order valence-corrected chi connectivity index (χ3v) is 6.29. The number of nitrogens with zero attached hydrogens (tertiary/aromatic N) is 2. The molecule has 4 atom stereocenters. The van der Waals surface area contributed by atoms with Crippen LogP contribution in [-0.2, 0) is 11.3 Å². The topological polar surface area (TPSA) is 105 Å². The van der Waals surface area contributed by atoms with Gasteiger partial charge < -0.3 is 14.7 Å². The molecule has 1 aromatic rings. The van der Waals surface area contributed by atoms with Gasteiger partial charge in [0.1, 0.15) is 6.61 Å². The molecule has 4 unspecified atom stereocenters. The van der Waals surface area contributed by atoms with Gasteiger partial charge in [0.05, 0.1) is 22.9 Å². The second kappa shape index (κ2) is 8.47. The van der Waals surface area contributed by atoms with E-state index in [1.165, 1.54) is 12.1 Å². The van der Waals surface area contributed by atoms with Gasteiger partial charge in [-0.25, -0.2) is 4.79 Å². The molecular formula is C16H21N3O5S2. The van der Waals surface area contributed by atoms with Crippen molar-refractivity contribution in [3.63, 3.8) is 0 Å². The van der Waals surface area contributed by atoms with Crippen LogP contribution < -0.4 is 5.32 Å². The number of non-ortho nitro benzene ring substituents is 1. The molecule has 2 aliphatic rings. The third kappa shape index (κ3) is 4.43. The first-order valence-corrected chi connectivity index (χ1v) is 9.87. The summed E-state index contributed by atoms with van der Waals surface area (Å²) in [5, 5.41) is 23.4. The Morgan fingerprint density at radius 3 is 2.81 bits per heavy atom. The SMILES string of the molecule is O=C(OCc1ccc([N+](=O)[O-])cc1)N1CC(S)CC1C1NC(CO)CS1. The molecule has 0 spiro atoms. The van der Waals surface area contributed by atoms with Crippen molar-refractivity contribution >= 4 is 36.2 Å². The van der Waals surface area contributed by atoms with E-state index in [0.29, 0.717) is 12.1 Å². The Morgan fingerprint density at radius 1 is 1.46 bits per heavy atom. The standard InChI is InChI=1S/C16H21N3O5S2/c20-7-11-9-26-15(17-11)14-5-13(25)6-18(14)16(21)24-8-10-1-3-12(4-2-10)19(22)23/h1-4,11,13-15,17,20,25H,5-9H2. The van der Waals surface area contributed by atoms with Crippen LogP contribution >= 0.6 is 24.4 Å². The number of aliphatic hydroxyl groups is 1. The second-order valence-electron chi connectivity index (χ2n) is 6.39. The van der Waals surface area contributed by atoms with Crippen molar-refractivity contribution in [1.82, 2.24) is 10.2 Å². The summed E-state index contributed by atoms with van der Waals surface area (Å²) in [7, 11) is 0. The lowest BCUT2D eigenvalue weighted by atomic mass is 10.2. The van der Waals surface area contributed by atoms with Crippen molar-refractivity contribution in [3.05, 3.63) is 39.9 Å². The molecule has 10 heteroatoms. The molecule has 2 fully saturated rings. The minimum Gasteiger partial charge on any atom is -0.445 e. The number of likely N-dealkylation sites (tertiary alicyclic amines) is 1. The van der Waals surface area contributed by atoms with Crippen molar-refractivity contribution in [3.8, 4) is 0 Å². The lowest BCUT2D eigenvalue weighted by Crippen LogP contribution is -2.47. The smallest absolute Gasteiger partial charge is 0.410 e. The van der Waals surface area contributed by atoms with Gasteiger partial charge in [0.25, 0.3) is 5.69 Å². The lowest BCUT2D eigenvalue weighted by Gasteiger charge is -2.28. The first kappa shape index (κ1) is 19.3. The van der Waals surface area contributed by atoms with Crippen molar-refractivity contribution in [2.24, 2.45) is 0 Å². The van der Waals surface area contributed by atoms with Crippen LogP contribution in [0, 0.1) is 10.1 Å². The summed E-state index contributed by atoms with van der Waals surface area (Å²) in [4.78, 5) is 24.4. The summed E-state index contributed by atoms with van der Waals surface area (Å²) in [5.74, 6) is 0.806. The highest BCUT2D eigenvalue weighted by Crippen LogP contribution is 2.33. The minimum atomic E-state index is -0.469. The molecule has 0 saturated carbocycles. The molecule has 2 heterocycles. The lowest BCUT2D eigenvalue weighted by molar-refractivity contribution is -0.384. The fraction of sp³-hybridized carbons (Fsp3) is 0.562. The van der Waals surface area contributed by atoms with E-state index in [2.05, 4.69) is 17.9 Å². The van der Waals surface area contributed by atoms with E-state index in [0.717, 1.165) is 12.2 Å². The van der Waals surface area contributed by atoms with Crippen LogP contribution in [-0.4, -0.2) is 62.6 Å². The van der Waals surface area contributed by atoms with Crippen molar-refractivity contribution < 1.29 is 19.6 Å². The van der Waals surface area contributed by atoms with Crippen LogP contribution in [0.4, 0.5) is 10.5 Å². The average Bonchev–Trinajstić information content (AvgIpc) is 3.26. The van der Waals surface area contributed by atoms with E-state index in [4.69, 9.17) is 4.74 Å². The number of nitro benzene ring substituents is 1. The van der Waals surface area contributed by atoms with Crippen LogP contribution in [0.5, 0.6) is 0 Å². The zero-order valence-electron chi connectivity index (χ0n) is 14.0. The quantitative estimate of drug-likeness (QED) is 0.393. The van der Waals surface area contributed by atoms with E-state index >= 15 is 0 Å². The fourth-order valence-electron chi connectivity index (χ4n) is 3.16. The summed E-state index contributed by atoms with van der Waals surface area (Å²) in [6.45, 7) is 0.641. The van der Waals surface area contributed by atoms with E-state index in [1.807, 2.05) is 0 Å². The van der Waals surface area contributed by atoms with Gasteiger partial charge in [0.2, 0.25) is 0 Å². The Bertz CT molecular complexity index is 660. The number of hydrogen-bond acceptors (Lipinski definition) is 8. The summed E-state index contributed by atoms with van der Waals surface area (Å²) >= 11 is 6.21. The minimum absolute atomic E-state index is 0.000342. The van der Waals surface area contributed by atoms with Gasteiger partial charge in [-0.1, -0.05) is 0 Å². The third-order valence-electron chi connectivity index (χ3n) is 4.51. The summed E-state index contributed by atoms with van der Waals surface area (Å²) in [6, 6.07) is 5.94. The number of thiol groups is 1. The molecule has 26 heavy (non-hydrogen) atoms. The predicted octanol–water partition coefficient (Wildman–Crippen LogP) is 1.63. The maximum Gasteiger partial charge on any atom is 0.410 e. The molecule has 0 aliphatic carbocycles. The van der Waals surface area contributed by atoms with Gasteiger partial charge in [0, 0.05) is 35.7 Å². The van der Waals surface area contributed by atoms with E-state index in [9.17, 15) is 20.0 Å². The van der Waals surface area contributed by atoms with E-state index in [-0.39, 0.29) is 41.6 Å². The number of ether oxygens (including phenoxy) is 1. The monoisotopic (exact) mass is 399 g/mol. The van der Waals surface area contributed by atoms with Crippen LogP contribution in [0.25, 0.3) is 0 Å². The molecule has 1 aromatic carbocycles. The summed E-state index contributed by atoms with van der Waals surface area (Å²) in [6.07, 6.45) is 0.346. The molecule has 1 amide bonds. The molecule has 142 valence electrons. The Kier molecular flexibility index (Phi) is 6.28. The highest BCUT2D eigenvalue weighted by atomic mass is 32.2. The first-order valence-electron chi connectivity index (χ1n) is 8.31. The van der Waals surface area contributed by atoms with Crippen LogP contribution in [0.15, 0.2) is 24.3 Å². The molecule has 2 saturated heterocycles. The second-order valence-corrected chi connectivity index (χ2v) is 8.29. The Hall–Kier alpha value is -1.49. The number of rotatable bonds is 5. The highest BCUT2D eigenvalue weighted by molar-refractivity contribution is 8.00. The van der Waals surface area contributed by atoms with Crippen molar-refractivity contribution in [2.75, 3.05) is 18.9 Å². The first-order chi connectivity index (χ1) is 12.5. The molecule has 2 aliphatic heterocycles. The average molecular weight is 399 g/mol. The van der Waals surface area contributed by atoms with Gasteiger partial charge >= 0.3 is 6.09 Å². The van der Waals surface area contributed by atoms with Crippen molar-refractivity contribution in [2.45, 2.75) is 35.7 Å². The Balaban J connectivity index is 1.58. The number of benzene rings is 1. The van der Waals surface area contributed by atoms with Crippen molar-refractivity contribution in [1.29, 1.82) is 0 Å². The Labute approximate surface area is 160 Å². The van der Waals surface area contributed by atoms with Crippen LogP contribution in [0.1, 0.15) is 12.0 Å². The molecule has 0 aromatic heterocycles. The normalized spacial score (nSPS) is 28.3. The molecular weight excluding hydrogens is 378 g/mol.